The second-order valence-corrected chi connectivity index (χ2v) is 4.29. The van der Waals surface area contributed by atoms with Gasteiger partial charge in [0.1, 0.15) is 11.9 Å². The maximum Gasteiger partial charge on any atom is 0.143 e. The van der Waals surface area contributed by atoms with Crippen molar-refractivity contribution in [3.05, 3.63) is 23.8 Å². The molecule has 1 aromatic rings. The number of benzene rings is 1. The van der Waals surface area contributed by atoms with Gasteiger partial charge in [-0.1, -0.05) is 12.1 Å². The maximum atomic E-state index is 8.78. The molecule has 3 heteroatoms. The fourth-order valence-electron chi connectivity index (χ4n) is 2.20. The number of hydrogen-bond donors (Lipinski definition) is 0. The highest BCUT2D eigenvalue weighted by atomic mass is 16.5. The van der Waals surface area contributed by atoms with Crippen molar-refractivity contribution in [2.75, 3.05) is 11.9 Å². The van der Waals surface area contributed by atoms with Gasteiger partial charge < -0.3 is 9.64 Å². The molecule has 1 heterocycles. The van der Waals surface area contributed by atoms with Gasteiger partial charge in [-0.25, -0.2) is 0 Å². The van der Waals surface area contributed by atoms with Gasteiger partial charge in [-0.05, 0) is 25.5 Å². The molecular weight excluding hydrogens is 200 g/mol. The highest BCUT2D eigenvalue weighted by molar-refractivity contribution is 5.65. The number of anilines is 1. The number of ether oxygens (including phenoxy) is 1. The molecule has 1 aromatic carbocycles. The molecule has 0 radical (unpaired) electrons. The van der Waals surface area contributed by atoms with Crippen LogP contribution in [0.4, 0.5) is 5.69 Å². The third-order valence-electron chi connectivity index (χ3n) is 3.27. The van der Waals surface area contributed by atoms with E-state index < -0.39 is 0 Å². The molecule has 2 atom stereocenters. The number of hydrogen-bond acceptors (Lipinski definition) is 3. The van der Waals surface area contributed by atoms with Gasteiger partial charge in [-0.15, -0.1) is 0 Å². The molecule has 0 N–H and O–H groups in total. The summed E-state index contributed by atoms with van der Waals surface area (Å²) in [5.41, 5.74) is 2.35. The number of para-hydroxylation sites is 1. The molecule has 0 saturated heterocycles. The minimum atomic E-state index is -0.0377. The Labute approximate surface area is 96.2 Å². The van der Waals surface area contributed by atoms with E-state index >= 15 is 0 Å². The van der Waals surface area contributed by atoms with Crippen molar-refractivity contribution in [3.63, 3.8) is 0 Å². The fourth-order valence-corrected chi connectivity index (χ4v) is 2.20. The molecule has 1 aliphatic rings. The third kappa shape index (κ3) is 1.61. The van der Waals surface area contributed by atoms with Crippen LogP contribution in [0.15, 0.2) is 18.2 Å². The lowest BCUT2D eigenvalue weighted by Crippen LogP contribution is -2.46. The minimum absolute atomic E-state index is 0.0377. The lowest BCUT2D eigenvalue weighted by molar-refractivity contribution is 0.165. The van der Waals surface area contributed by atoms with E-state index in [0.717, 1.165) is 11.4 Å². The van der Waals surface area contributed by atoms with Gasteiger partial charge in [0.15, 0.2) is 0 Å². The summed E-state index contributed by atoms with van der Waals surface area (Å²) in [5, 5.41) is 8.78. The molecule has 0 amide bonds. The lowest BCUT2D eigenvalue weighted by Gasteiger charge is -2.39. The molecule has 84 valence electrons. The first-order valence-electron chi connectivity index (χ1n) is 5.51. The van der Waals surface area contributed by atoms with Crippen molar-refractivity contribution in [2.24, 2.45) is 0 Å². The van der Waals surface area contributed by atoms with Gasteiger partial charge in [0, 0.05) is 7.05 Å². The number of aryl methyl sites for hydroxylation is 1. The van der Waals surface area contributed by atoms with Crippen LogP contribution in [-0.4, -0.2) is 19.2 Å². The summed E-state index contributed by atoms with van der Waals surface area (Å²) >= 11 is 0. The first-order chi connectivity index (χ1) is 7.65. The predicted molar refractivity (Wildman–Crippen MR) is 63.7 cm³/mol. The lowest BCUT2D eigenvalue weighted by atomic mass is 10.0. The molecule has 16 heavy (non-hydrogen) atoms. The molecule has 2 unspecified atom stereocenters. The highest BCUT2D eigenvalue weighted by Gasteiger charge is 2.31. The number of nitrogens with zero attached hydrogens (tertiary/aromatic N) is 2. The topological polar surface area (TPSA) is 36.3 Å². The Morgan fingerprint density at radius 2 is 2.25 bits per heavy atom. The zero-order valence-electron chi connectivity index (χ0n) is 9.90. The molecule has 0 aromatic heterocycles. The summed E-state index contributed by atoms with van der Waals surface area (Å²) in [7, 11) is 2.06. The van der Waals surface area contributed by atoms with E-state index in [1.807, 2.05) is 12.1 Å². The van der Waals surface area contributed by atoms with Crippen LogP contribution in [0.1, 0.15) is 18.9 Å². The number of likely N-dealkylation sites (N-methyl/N-ethyl adjacent to an activating group) is 1. The summed E-state index contributed by atoms with van der Waals surface area (Å²) in [6.07, 6.45) is 0.392. The molecule has 0 bridgehead atoms. The molecule has 2 rings (SSSR count). The largest absolute Gasteiger partial charge is 0.485 e. The van der Waals surface area contributed by atoms with Crippen LogP contribution in [0, 0.1) is 18.3 Å². The molecule has 1 aliphatic heterocycles. The van der Waals surface area contributed by atoms with E-state index in [9.17, 15) is 0 Å². The molecule has 0 saturated carbocycles. The summed E-state index contributed by atoms with van der Waals surface area (Å²) in [6, 6.07) is 8.45. The van der Waals surface area contributed by atoms with Crippen molar-refractivity contribution < 1.29 is 4.74 Å². The molecule has 0 aliphatic carbocycles. The van der Waals surface area contributed by atoms with Crippen LogP contribution in [0.3, 0.4) is 0 Å². The van der Waals surface area contributed by atoms with E-state index in [-0.39, 0.29) is 12.1 Å². The van der Waals surface area contributed by atoms with Gasteiger partial charge in [-0.2, -0.15) is 5.26 Å². The van der Waals surface area contributed by atoms with Crippen LogP contribution < -0.4 is 9.64 Å². The van der Waals surface area contributed by atoms with Crippen molar-refractivity contribution in [3.8, 4) is 11.8 Å². The van der Waals surface area contributed by atoms with E-state index in [1.165, 1.54) is 5.56 Å². The molecule has 0 spiro atoms. The first kappa shape index (κ1) is 10.8. The van der Waals surface area contributed by atoms with Crippen LogP contribution in [-0.2, 0) is 0 Å². The Balaban J connectivity index is 2.41. The quantitative estimate of drug-likeness (QED) is 0.723. The average Bonchev–Trinajstić information content (AvgIpc) is 2.25. The van der Waals surface area contributed by atoms with Crippen LogP contribution >= 0.6 is 0 Å². The smallest absolute Gasteiger partial charge is 0.143 e. The van der Waals surface area contributed by atoms with Gasteiger partial charge in [0.2, 0.25) is 0 Å². The summed E-state index contributed by atoms with van der Waals surface area (Å²) < 4.78 is 5.87. The Kier molecular flexibility index (Phi) is 2.74. The van der Waals surface area contributed by atoms with Gasteiger partial charge >= 0.3 is 0 Å². The summed E-state index contributed by atoms with van der Waals surface area (Å²) in [4.78, 5) is 2.20. The van der Waals surface area contributed by atoms with Crippen molar-refractivity contribution >= 4 is 5.69 Å². The van der Waals surface area contributed by atoms with E-state index in [2.05, 4.69) is 37.9 Å². The highest BCUT2D eigenvalue weighted by Crippen LogP contribution is 2.38. The van der Waals surface area contributed by atoms with Gasteiger partial charge in [0.25, 0.3) is 0 Å². The molecule has 0 fully saturated rings. The monoisotopic (exact) mass is 216 g/mol. The first-order valence-corrected chi connectivity index (χ1v) is 5.51. The van der Waals surface area contributed by atoms with E-state index in [0.29, 0.717) is 6.42 Å². The zero-order valence-corrected chi connectivity index (χ0v) is 9.90. The zero-order chi connectivity index (χ0) is 11.7. The normalized spacial score (nSPS) is 23.2. The SMILES string of the molecule is Cc1cccc2c1N(C)C(C)C(CC#N)O2. The number of rotatable bonds is 1. The fraction of sp³-hybridized carbons (Fsp3) is 0.462. The van der Waals surface area contributed by atoms with Crippen LogP contribution in [0.25, 0.3) is 0 Å². The Hall–Kier alpha value is -1.69. The van der Waals surface area contributed by atoms with Crippen molar-refractivity contribution in [2.45, 2.75) is 32.4 Å². The summed E-state index contributed by atoms with van der Waals surface area (Å²) in [5.74, 6) is 0.890. The Bertz CT molecular complexity index is 436. The molecule has 3 nitrogen and oxygen atoms in total. The number of nitriles is 1. The van der Waals surface area contributed by atoms with Gasteiger partial charge in [-0.3, -0.25) is 0 Å². The summed E-state index contributed by atoms with van der Waals surface area (Å²) in [6.45, 7) is 4.17. The van der Waals surface area contributed by atoms with Crippen molar-refractivity contribution in [1.29, 1.82) is 5.26 Å². The van der Waals surface area contributed by atoms with E-state index in [4.69, 9.17) is 10.00 Å². The standard InChI is InChI=1S/C13H16N2O/c1-9-5-4-6-12-13(9)15(3)10(2)11(16-12)7-8-14/h4-6,10-11H,7H2,1-3H3. The molecular formula is C13H16N2O. The Morgan fingerprint density at radius 1 is 1.50 bits per heavy atom. The third-order valence-corrected chi connectivity index (χ3v) is 3.27. The minimum Gasteiger partial charge on any atom is -0.485 e. The van der Waals surface area contributed by atoms with Crippen LogP contribution in [0.5, 0.6) is 5.75 Å². The van der Waals surface area contributed by atoms with E-state index in [1.54, 1.807) is 0 Å². The van der Waals surface area contributed by atoms with Crippen LogP contribution in [0.2, 0.25) is 0 Å². The Morgan fingerprint density at radius 3 is 2.94 bits per heavy atom. The van der Waals surface area contributed by atoms with Gasteiger partial charge in [0.05, 0.1) is 24.2 Å². The van der Waals surface area contributed by atoms with Crippen molar-refractivity contribution in [1.82, 2.24) is 0 Å². The second-order valence-electron chi connectivity index (χ2n) is 4.29. The second kappa shape index (κ2) is 4.05. The predicted octanol–water partition coefficient (Wildman–Crippen LogP) is 2.49. The average molecular weight is 216 g/mol. The maximum absolute atomic E-state index is 8.78. The number of fused-ring (bicyclic) bond motifs is 1.